The van der Waals surface area contributed by atoms with Crippen molar-refractivity contribution in [1.82, 2.24) is 0 Å². The Morgan fingerprint density at radius 3 is 2.31 bits per heavy atom. The molecule has 0 aliphatic carbocycles. The summed E-state index contributed by atoms with van der Waals surface area (Å²) in [5, 5.41) is 0.719. The molecule has 1 aromatic carbocycles. The highest BCUT2D eigenvalue weighted by atomic mass is 35.5. The SMILES string of the molecule is CC(C)([C]=O)Cc1ccc(Cl)cc1. The Balaban J connectivity index is 2.75. The van der Waals surface area contributed by atoms with Crippen molar-refractivity contribution in [2.75, 3.05) is 0 Å². The van der Waals surface area contributed by atoms with E-state index in [2.05, 4.69) is 0 Å². The highest BCUT2D eigenvalue weighted by Crippen LogP contribution is 2.20. The van der Waals surface area contributed by atoms with E-state index in [9.17, 15) is 4.79 Å². The van der Waals surface area contributed by atoms with Gasteiger partial charge in [0.05, 0.1) is 0 Å². The van der Waals surface area contributed by atoms with Crippen LogP contribution in [0.1, 0.15) is 19.4 Å². The molecule has 1 radical (unpaired) electrons. The number of rotatable bonds is 3. The van der Waals surface area contributed by atoms with Gasteiger partial charge in [0.15, 0.2) is 0 Å². The lowest BCUT2D eigenvalue weighted by Gasteiger charge is -2.15. The quantitative estimate of drug-likeness (QED) is 0.725. The van der Waals surface area contributed by atoms with Gasteiger partial charge in [-0.2, -0.15) is 0 Å². The Morgan fingerprint density at radius 2 is 1.85 bits per heavy atom. The van der Waals surface area contributed by atoms with Gasteiger partial charge < -0.3 is 0 Å². The molecular formula is C11H12ClO. The summed E-state index contributed by atoms with van der Waals surface area (Å²) in [6.45, 7) is 3.74. The van der Waals surface area contributed by atoms with Crippen LogP contribution in [-0.4, -0.2) is 6.29 Å². The fraction of sp³-hybridized carbons (Fsp3) is 0.364. The molecule has 1 aromatic rings. The first-order chi connectivity index (χ1) is 6.03. The molecule has 0 bridgehead atoms. The third-order valence-electron chi connectivity index (χ3n) is 1.84. The molecule has 0 atom stereocenters. The number of carbonyl (C=O) groups excluding carboxylic acids is 1. The standard InChI is InChI=1S/C11H12ClO/c1-11(2,8-13)7-9-3-5-10(12)6-4-9/h3-6H,7H2,1-2H3. The Hall–Kier alpha value is -0.820. The van der Waals surface area contributed by atoms with E-state index < -0.39 is 5.41 Å². The molecule has 0 unspecified atom stereocenters. The Labute approximate surface area is 83.7 Å². The van der Waals surface area contributed by atoms with Crippen LogP contribution in [0.3, 0.4) is 0 Å². The van der Waals surface area contributed by atoms with Crippen LogP contribution >= 0.6 is 11.6 Å². The average Bonchev–Trinajstić information content (AvgIpc) is 2.09. The van der Waals surface area contributed by atoms with Crippen LogP contribution in [-0.2, 0) is 11.2 Å². The Kier molecular flexibility index (Phi) is 3.10. The predicted octanol–water partition coefficient (Wildman–Crippen LogP) is 3.02. The van der Waals surface area contributed by atoms with E-state index in [4.69, 9.17) is 11.6 Å². The van der Waals surface area contributed by atoms with Crippen LogP contribution in [0.4, 0.5) is 0 Å². The van der Waals surface area contributed by atoms with E-state index in [-0.39, 0.29) is 0 Å². The van der Waals surface area contributed by atoms with Crippen LogP contribution in [0.2, 0.25) is 5.02 Å². The summed E-state index contributed by atoms with van der Waals surface area (Å²) >= 11 is 5.74. The lowest BCUT2D eigenvalue weighted by Crippen LogP contribution is -2.16. The summed E-state index contributed by atoms with van der Waals surface area (Å²) in [6.07, 6.45) is 2.72. The van der Waals surface area contributed by atoms with Crippen molar-refractivity contribution in [2.45, 2.75) is 20.3 Å². The summed E-state index contributed by atoms with van der Waals surface area (Å²) in [5.41, 5.74) is 0.700. The minimum absolute atomic E-state index is 0.409. The number of hydrogen-bond donors (Lipinski definition) is 0. The molecular weight excluding hydrogens is 184 g/mol. The zero-order valence-electron chi connectivity index (χ0n) is 7.80. The van der Waals surface area contributed by atoms with Crippen molar-refractivity contribution in [2.24, 2.45) is 5.41 Å². The molecule has 0 N–H and O–H groups in total. The fourth-order valence-electron chi connectivity index (χ4n) is 1.15. The minimum atomic E-state index is -0.409. The second-order valence-corrected chi connectivity index (χ2v) is 4.23. The van der Waals surface area contributed by atoms with Crippen LogP contribution in [0, 0.1) is 5.41 Å². The van der Waals surface area contributed by atoms with Crippen molar-refractivity contribution in [1.29, 1.82) is 0 Å². The van der Waals surface area contributed by atoms with Crippen molar-refractivity contribution >= 4 is 17.9 Å². The first kappa shape index (κ1) is 10.3. The molecule has 0 aliphatic rings. The lowest BCUT2D eigenvalue weighted by molar-refractivity contribution is 0.448. The van der Waals surface area contributed by atoms with Gasteiger partial charge in [0.1, 0.15) is 0 Å². The summed E-state index contributed by atoms with van der Waals surface area (Å²) in [5.74, 6) is 0. The topological polar surface area (TPSA) is 17.1 Å². The number of hydrogen-bond acceptors (Lipinski definition) is 1. The molecule has 1 nitrogen and oxygen atoms in total. The zero-order valence-corrected chi connectivity index (χ0v) is 8.56. The third-order valence-corrected chi connectivity index (χ3v) is 2.09. The van der Waals surface area contributed by atoms with Gasteiger partial charge in [0, 0.05) is 10.4 Å². The molecule has 1 rings (SSSR count). The average molecular weight is 196 g/mol. The second-order valence-electron chi connectivity index (χ2n) is 3.79. The maximum atomic E-state index is 10.5. The van der Waals surface area contributed by atoms with Crippen molar-refractivity contribution in [3.63, 3.8) is 0 Å². The Bertz CT molecular complexity index is 287. The molecule has 69 valence electrons. The molecule has 0 heterocycles. The van der Waals surface area contributed by atoms with Crippen LogP contribution < -0.4 is 0 Å². The van der Waals surface area contributed by atoms with Crippen molar-refractivity contribution in [3.05, 3.63) is 34.9 Å². The van der Waals surface area contributed by atoms with Crippen molar-refractivity contribution in [3.8, 4) is 0 Å². The molecule has 13 heavy (non-hydrogen) atoms. The smallest absolute Gasteiger partial charge is 0.204 e. The molecule has 2 heteroatoms. The number of benzene rings is 1. The predicted molar refractivity (Wildman–Crippen MR) is 54.6 cm³/mol. The molecule has 0 amide bonds. The van der Waals surface area contributed by atoms with E-state index in [1.807, 2.05) is 44.4 Å². The van der Waals surface area contributed by atoms with Crippen LogP contribution in [0.25, 0.3) is 0 Å². The normalized spacial score (nSPS) is 11.3. The Morgan fingerprint density at radius 1 is 1.31 bits per heavy atom. The fourth-order valence-corrected chi connectivity index (χ4v) is 1.27. The van der Waals surface area contributed by atoms with Gasteiger partial charge >= 0.3 is 0 Å². The van der Waals surface area contributed by atoms with E-state index in [1.54, 1.807) is 0 Å². The summed E-state index contributed by atoms with van der Waals surface area (Å²) in [6, 6.07) is 7.53. The largest absolute Gasteiger partial charge is 0.290 e. The third kappa shape index (κ3) is 3.19. The molecule has 0 saturated heterocycles. The summed E-state index contributed by atoms with van der Waals surface area (Å²) < 4.78 is 0. The highest BCUT2D eigenvalue weighted by Gasteiger charge is 2.17. The highest BCUT2D eigenvalue weighted by molar-refractivity contribution is 6.30. The molecule has 0 aliphatic heterocycles. The van der Waals surface area contributed by atoms with Gasteiger partial charge in [-0.1, -0.05) is 37.6 Å². The zero-order chi connectivity index (χ0) is 9.90. The maximum Gasteiger partial charge on any atom is 0.204 e. The first-order valence-electron chi connectivity index (χ1n) is 4.17. The molecule has 0 saturated carbocycles. The maximum absolute atomic E-state index is 10.5. The number of halogens is 1. The van der Waals surface area contributed by atoms with E-state index in [1.165, 1.54) is 0 Å². The van der Waals surface area contributed by atoms with E-state index in [0.717, 1.165) is 10.6 Å². The lowest BCUT2D eigenvalue weighted by atomic mass is 9.87. The van der Waals surface area contributed by atoms with Gasteiger partial charge in [-0.3, -0.25) is 4.79 Å². The summed E-state index contributed by atoms with van der Waals surface area (Å²) in [7, 11) is 0. The van der Waals surface area contributed by atoms with E-state index in [0.29, 0.717) is 6.42 Å². The molecule has 0 aromatic heterocycles. The van der Waals surface area contributed by atoms with E-state index >= 15 is 0 Å². The van der Waals surface area contributed by atoms with Gasteiger partial charge in [-0.05, 0) is 24.1 Å². The van der Waals surface area contributed by atoms with Crippen LogP contribution in [0.15, 0.2) is 24.3 Å². The van der Waals surface area contributed by atoms with Gasteiger partial charge in [0.2, 0.25) is 6.29 Å². The van der Waals surface area contributed by atoms with Crippen molar-refractivity contribution < 1.29 is 4.79 Å². The monoisotopic (exact) mass is 195 g/mol. The van der Waals surface area contributed by atoms with Crippen LogP contribution in [0.5, 0.6) is 0 Å². The first-order valence-corrected chi connectivity index (χ1v) is 4.55. The van der Waals surface area contributed by atoms with Gasteiger partial charge in [0.25, 0.3) is 0 Å². The van der Waals surface area contributed by atoms with Gasteiger partial charge in [-0.15, -0.1) is 0 Å². The summed E-state index contributed by atoms with van der Waals surface area (Å²) in [4.78, 5) is 10.5. The molecule has 0 fully saturated rings. The molecule has 0 spiro atoms. The second kappa shape index (κ2) is 3.93. The minimum Gasteiger partial charge on any atom is -0.290 e. The van der Waals surface area contributed by atoms with Gasteiger partial charge in [-0.25, -0.2) is 0 Å².